The summed E-state index contributed by atoms with van der Waals surface area (Å²) < 4.78 is 1.75. The molecule has 15 heavy (non-hydrogen) atoms. The van der Waals surface area contributed by atoms with Crippen molar-refractivity contribution in [3.63, 3.8) is 0 Å². The molecule has 6 heteroatoms. The van der Waals surface area contributed by atoms with Gasteiger partial charge in [0.25, 0.3) is 0 Å². The molecule has 0 saturated heterocycles. The number of hydrogen-bond donors (Lipinski definition) is 1. The van der Waals surface area contributed by atoms with Gasteiger partial charge in [-0.2, -0.15) is 5.10 Å². The van der Waals surface area contributed by atoms with Crippen LogP contribution in [0.15, 0.2) is 29.7 Å². The molecule has 0 spiro atoms. The van der Waals surface area contributed by atoms with E-state index in [1.807, 2.05) is 19.2 Å². The third-order valence-corrected chi connectivity index (χ3v) is 2.85. The quantitative estimate of drug-likeness (QED) is 0.785. The Morgan fingerprint density at radius 1 is 1.40 bits per heavy atom. The Morgan fingerprint density at radius 3 is 2.87 bits per heavy atom. The van der Waals surface area contributed by atoms with Crippen LogP contribution in [0.5, 0.6) is 0 Å². The molecule has 78 valence electrons. The van der Waals surface area contributed by atoms with Crippen LogP contribution >= 0.6 is 11.8 Å². The second-order valence-electron chi connectivity index (χ2n) is 3.02. The smallest absolute Gasteiger partial charge is 0.138 e. The van der Waals surface area contributed by atoms with Crippen molar-refractivity contribution in [2.45, 2.75) is 10.8 Å². The van der Waals surface area contributed by atoms with Gasteiger partial charge in [-0.05, 0) is 12.1 Å². The Labute approximate surface area is 91.7 Å². The third kappa shape index (κ3) is 2.47. The zero-order chi connectivity index (χ0) is 10.7. The molecule has 0 aliphatic carbocycles. The lowest BCUT2D eigenvalue weighted by Gasteiger charge is -2.00. The van der Waals surface area contributed by atoms with E-state index in [2.05, 4.69) is 15.1 Å². The fourth-order valence-electron chi connectivity index (χ4n) is 1.07. The van der Waals surface area contributed by atoms with Gasteiger partial charge in [-0.1, -0.05) is 11.8 Å². The SMILES string of the molecule is Cn1ncnc1CSc1ccc(N)cn1. The monoisotopic (exact) mass is 221 g/mol. The molecule has 0 aromatic carbocycles. The molecule has 0 bridgehead atoms. The summed E-state index contributed by atoms with van der Waals surface area (Å²) in [5, 5.41) is 4.93. The van der Waals surface area contributed by atoms with Crippen LogP contribution in [0.3, 0.4) is 0 Å². The molecule has 0 unspecified atom stereocenters. The van der Waals surface area contributed by atoms with E-state index in [1.165, 1.54) is 0 Å². The molecule has 2 N–H and O–H groups in total. The van der Waals surface area contributed by atoms with Crippen molar-refractivity contribution < 1.29 is 0 Å². The minimum atomic E-state index is 0.679. The molecule has 2 aromatic rings. The molecule has 0 amide bonds. The second-order valence-corrected chi connectivity index (χ2v) is 4.01. The maximum absolute atomic E-state index is 5.54. The number of pyridine rings is 1. The first-order valence-corrected chi connectivity index (χ1v) is 5.41. The average Bonchev–Trinajstić information content (AvgIpc) is 2.63. The van der Waals surface area contributed by atoms with Crippen molar-refractivity contribution in [1.29, 1.82) is 0 Å². The van der Waals surface area contributed by atoms with Crippen LogP contribution in [-0.2, 0) is 12.8 Å². The maximum Gasteiger partial charge on any atom is 0.138 e. The van der Waals surface area contributed by atoms with Crippen LogP contribution in [0.4, 0.5) is 5.69 Å². The summed E-state index contributed by atoms with van der Waals surface area (Å²) in [6.45, 7) is 0. The van der Waals surface area contributed by atoms with Gasteiger partial charge < -0.3 is 5.73 Å². The second kappa shape index (κ2) is 4.31. The van der Waals surface area contributed by atoms with Gasteiger partial charge in [-0.25, -0.2) is 9.97 Å². The molecular weight excluding hydrogens is 210 g/mol. The van der Waals surface area contributed by atoms with Gasteiger partial charge in [0, 0.05) is 7.05 Å². The fourth-order valence-corrected chi connectivity index (χ4v) is 1.90. The highest BCUT2D eigenvalue weighted by molar-refractivity contribution is 7.98. The molecule has 0 aliphatic heterocycles. The summed E-state index contributed by atoms with van der Waals surface area (Å²) in [7, 11) is 1.87. The Morgan fingerprint density at radius 2 is 2.27 bits per heavy atom. The number of nitrogens with zero attached hydrogens (tertiary/aromatic N) is 4. The Hall–Kier alpha value is -1.56. The lowest BCUT2D eigenvalue weighted by molar-refractivity contribution is 0.729. The van der Waals surface area contributed by atoms with Crippen LogP contribution < -0.4 is 5.73 Å². The van der Waals surface area contributed by atoms with Crippen LogP contribution in [0, 0.1) is 0 Å². The van der Waals surface area contributed by atoms with Crippen LogP contribution in [-0.4, -0.2) is 19.7 Å². The van der Waals surface area contributed by atoms with Gasteiger partial charge in [-0.3, -0.25) is 4.68 Å². The number of thioether (sulfide) groups is 1. The summed E-state index contributed by atoms with van der Waals surface area (Å²) >= 11 is 1.61. The van der Waals surface area contributed by atoms with Gasteiger partial charge >= 0.3 is 0 Å². The summed E-state index contributed by atoms with van der Waals surface area (Å²) in [5.74, 6) is 1.69. The summed E-state index contributed by atoms with van der Waals surface area (Å²) in [4.78, 5) is 8.31. The molecular formula is C9H11N5S. The van der Waals surface area contributed by atoms with Crippen LogP contribution in [0.1, 0.15) is 5.82 Å². The predicted molar refractivity (Wildman–Crippen MR) is 59.2 cm³/mol. The largest absolute Gasteiger partial charge is 0.397 e. The summed E-state index contributed by atoms with van der Waals surface area (Å²) in [5.41, 5.74) is 6.22. The van der Waals surface area contributed by atoms with E-state index >= 15 is 0 Å². The number of aryl methyl sites for hydroxylation is 1. The van der Waals surface area contributed by atoms with E-state index in [1.54, 1.807) is 29.0 Å². The topological polar surface area (TPSA) is 69.6 Å². The first-order chi connectivity index (χ1) is 7.25. The van der Waals surface area contributed by atoms with Crippen molar-refractivity contribution >= 4 is 17.4 Å². The van der Waals surface area contributed by atoms with E-state index in [4.69, 9.17) is 5.73 Å². The van der Waals surface area contributed by atoms with Crippen molar-refractivity contribution in [1.82, 2.24) is 19.7 Å². The lowest BCUT2D eigenvalue weighted by atomic mass is 10.4. The number of nitrogen functional groups attached to an aromatic ring is 1. The molecule has 0 saturated carbocycles. The van der Waals surface area contributed by atoms with E-state index < -0.39 is 0 Å². The number of aromatic nitrogens is 4. The minimum Gasteiger partial charge on any atom is -0.397 e. The first-order valence-electron chi connectivity index (χ1n) is 4.43. The minimum absolute atomic E-state index is 0.679. The van der Waals surface area contributed by atoms with Crippen molar-refractivity contribution in [2.24, 2.45) is 7.05 Å². The van der Waals surface area contributed by atoms with E-state index in [9.17, 15) is 0 Å². The highest BCUT2D eigenvalue weighted by atomic mass is 32.2. The predicted octanol–water partition coefficient (Wildman–Crippen LogP) is 1.08. The van der Waals surface area contributed by atoms with Crippen molar-refractivity contribution in [3.8, 4) is 0 Å². The molecule has 5 nitrogen and oxygen atoms in total. The maximum atomic E-state index is 5.54. The Balaban J connectivity index is 1.99. The summed E-state index contributed by atoms with van der Waals surface area (Å²) in [6, 6.07) is 3.74. The molecule has 2 rings (SSSR count). The van der Waals surface area contributed by atoms with Crippen LogP contribution in [0.25, 0.3) is 0 Å². The number of hydrogen-bond acceptors (Lipinski definition) is 5. The Kier molecular flexibility index (Phi) is 2.86. The van der Waals surface area contributed by atoms with Gasteiger partial charge in [0.1, 0.15) is 12.2 Å². The normalized spacial score (nSPS) is 10.5. The van der Waals surface area contributed by atoms with Crippen molar-refractivity contribution in [2.75, 3.05) is 5.73 Å². The molecule has 0 fully saturated rings. The molecule has 0 aliphatic rings. The first kappa shape index (κ1) is 9.97. The zero-order valence-corrected chi connectivity index (χ0v) is 9.11. The summed E-state index contributed by atoms with van der Waals surface area (Å²) in [6.07, 6.45) is 3.20. The standard InChI is InChI=1S/C9H11N5S/c1-14-8(12-6-13-14)5-15-9-3-2-7(10)4-11-9/h2-4,6H,5,10H2,1H3. The van der Waals surface area contributed by atoms with Gasteiger partial charge in [0.15, 0.2) is 0 Å². The van der Waals surface area contributed by atoms with Gasteiger partial charge in [0.2, 0.25) is 0 Å². The van der Waals surface area contributed by atoms with E-state index in [-0.39, 0.29) is 0 Å². The fraction of sp³-hybridized carbons (Fsp3) is 0.222. The highest BCUT2D eigenvalue weighted by Gasteiger charge is 2.02. The zero-order valence-electron chi connectivity index (χ0n) is 8.29. The van der Waals surface area contributed by atoms with E-state index in [0.29, 0.717) is 5.69 Å². The van der Waals surface area contributed by atoms with Crippen LogP contribution in [0.2, 0.25) is 0 Å². The molecule has 2 heterocycles. The third-order valence-electron chi connectivity index (χ3n) is 1.91. The van der Waals surface area contributed by atoms with E-state index in [0.717, 1.165) is 16.6 Å². The highest BCUT2D eigenvalue weighted by Crippen LogP contribution is 2.19. The number of anilines is 1. The number of rotatable bonds is 3. The van der Waals surface area contributed by atoms with Gasteiger partial charge in [-0.15, -0.1) is 0 Å². The molecule has 0 atom stereocenters. The Bertz CT molecular complexity index is 436. The number of nitrogens with two attached hydrogens (primary N) is 1. The lowest BCUT2D eigenvalue weighted by Crippen LogP contribution is -1.97. The molecule has 2 aromatic heterocycles. The van der Waals surface area contributed by atoms with Crippen molar-refractivity contribution in [3.05, 3.63) is 30.5 Å². The average molecular weight is 221 g/mol. The van der Waals surface area contributed by atoms with Gasteiger partial charge in [0.05, 0.1) is 22.7 Å². The molecule has 0 radical (unpaired) electrons.